The summed E-state index contributed by atoms with van der Waals surface area (Å²) in [5.41, 5.74) is -0.428. The van der Waals surface area contributed by atoms with Crippen LogP contribution in [0.2, 0.25) is 0 Å². The predicted molar refractivity (Wildman–Crippen MR) is 100.0 cm³/mol. The van der Waals surface area contributed by atoms with Crippen LogP contribution in [0.1, 0.15) is 44.2 Å². The topological polar surface area (TPSA) is 74.1 Å². The van der Waals surface area contributed by atoms with Crippen LogP contribution in [-0.4, -0.2) is 71.7 Å². The Morgan fingerprint density at radius 2 is 1.67 bits per heavy atom. The quantitative estimate of drug-likeness (QED) is 0.791. The van der Waals surface area contributed by atoms with Gasteiger partial charge in [-0.05, 0) is 25.0 Å². The highest BCUT2D eigenvalue weighted by Gasteiger charge is 2.36. The van der Waals surface area contributed by atoms with Gasteiger partial charge in [0.25, 0.3) is 5.91 Å². The molecule has 0 aromatic carbocycles. The second-order valence-electron chi connectivity index (χ2n) is 8.44. The van der Waals surface area contributed by atoms with E-state index in [1.165, 1.54) is 6.26 Å². The number of likely N-dealkylation sites (tertiary alicyclic amines) is 1. The zero-order valence-electron chi connectivity index (χ0n) is 16.4. The number of amides is 3. The summed E-state index contributed by atoms with van der Waals surface area (Å²) in [6, 6.07) is 3.35. The van der Waals surface area contributed by atoms with E-state index in [4.69, 9.17) is 4.42 Å². The Bertz CT molecular complexity index is 685. The van der Waals surface area contributed by atoms with Gasteiger partial charge in [-0.25, -0.2) is 0 Å². The van der Waals surface area contributed by atoms with Crippen molar-refractivity contribution < 1.29 is 18.8 Å². The molecule has 2 saturated heterocycles. The van der Waals surface area contributed by atoms with E-state index < -0.39 is 5.41 Å². The van der Waals surface area contributed by atoms with Crippen LogP contribution in [0.5, 0.6) is 0 Å². The number of carbonyl (C=O) groups excluding carboxylic acids is 3. The van der Waals surface area contributed by atoms with E-state index in [-0.39, 0.29) is 23.6 Å². The molecule has 148 valence electrons. The van der Waals surface area contributed by atoms with Crippen LogP contribution >= 0.6 is 0 Å². The molecule has 0 N–H and O–H groups in total. The summed E-state index contributed by atoms with van der Waals surface area (Å²) < 4.78 is 5.17. The minimum atomic E-state index is -0.428. The Morgan fingerprint density at radius 3 is 2.26 bits per heavy atom. The predicted octanol–water partition coefficient (Wildman–Crippen LogP) is 1.85. The van der Waals surface area contributed by atoms with Crippen LogP contribution in [0.15, 0.2) is 22.8 Å². The average Bonchev–Trinajstić information content (AvgIpc) is 3.20. The molecule has 0 spiro atoms. The number of furan rings is 1. The Morgan fingerprint density at radius 1 is 1.00 bits per heavy atom. The summed E-state index contributed by atoms with van der Waals surface area (Å²) in [5, 5.41) is 0. The fourth-order valence-electron chi connectivity index (χ4n) is 3.78. The van der Waals surface area contributed by atoms with Gasteiger partial charge >= 0.3 is 0 Å². The first kappa shape index (κ1) is 19.5. The fraction of sp³-hybridized carbons (Fsp3) is 0.650. The van der Waals surface area contributed by atoms with Crippen molar-refractivity contribution in [1.82, 2.24) is 14.7 Å². The van der Waals surface area contributed by atoms with Gasteiger partial charge in [0, 0.05) is 44.7 Å². The van der Waals surface area contributed by atoms with Crippen molar-refractivity contribution in [3.63, 3.8) is 0 Å². The van der Waals surface area contributed by atoms with E-state index in [0.717, 1.165) is 19.4 Å². The van der Waals surface area contributed by atoms with Gasteiger partial charge in [0.2, 0.25) is 11.8 Å². The van der Waals surface area contributed by atoms with Crippen LogP contribution in [-0.2, 0) is 9.59 Å². The zero-order valence-corrected chi connectivity index (χ0v) is 16.4. The van der Waals surface area contributed by atoms with E-state index in [1.807, 2.05) is 30.6 Å². The van der Waals surface area contributed by atoms with E-state index in [1.54, 1.807) is 17.0 Å². The maximum atomic E-state index is 12.9. The zero-order chi connectivity index (χ0) is 19.6. The van der Waals surface area contributed by atoms with Gasteiger partial charge in [-0.15, -0.1) is 0 Å². The van der Waals surface area contributed by atoms with E-state index in [0.29, 0.717) is 38.5 Å². The lowest BCUT2D eigenvalue weighted by Crippen LogP contribution is -2.54. The highest BCUT2D eigenvalue weighted by atomic mass is 16.3. The highest BCUT2D eigenvalue weighted by Crippen LogP contribution is 2.25. The number of nitrogens with zero attached hydrogens (tertiary/aromatic N) is 3. The van der Waals surface area contributed by atoms with Crippen molar-refractivity contribution in [2.24, 2.45) is 11.3 Å². The molecule has 0 bridgehead atoms. The molecule has 3 rings (SSSR count). The third-order valence-electron chi connectivity index (χ3n) is 5.31. The molecule has 2 aliphatic heterocycles. The molecular weight excluding hydrogens is 346 g/mol. The lowest BCUT2D eigenvalue weighted by molar-refractivity contribution is -0.146. The van der Waals surface area contributed by atoms with Crippen molar-refractivity contribution in [3.05, 3.63) is 24.2 Å². The van der Waals surface area contributed by atoms with Crippen molar-refractivity contribution in [2.45, 2.75) is 33.6 Å². The van der Waals surface area contributed by atoms with E-state index in [2.05, 4.69) is 0 Å². The van der Waals surface area contributed by atoms with Gasteiger partial charge in [-0.3, -0.25) is 14.4 Å². The Hall–Kier alpha value is -2.31. The lowest BCUT2D eigenvalue weighted by Gasteiger charge is -2.40. The minimum absolute atomic E-state index is 0.103. The summed E-state index contributed by atoms with van der Waals surface area (Å²) in [6.45, 7) is 9.02. The van der Waals surface area contributed by atoms with Gasteiger partial charge in [0.05, 0.1) is 12.2 Å². The summed E-state index contributed by atoms with van der Waals surface area (Å²) in [7, 11) is 0. The first-order chi connectivity index (χ1) is 12.8. The normalized spacial score (nSPS) is 21.3. The number of rotatable bonds is 2. The number of piperidine rings is 1. The molecule has 0 saturated carbocycles. The van der Waals surface area contributed by atoms with Gasteiger partial charge in [0.1, 0.15) is 0 Å². The SMILES string of the molecule is CC(C)(C)C(=O)N1CCCC(C(=O)N2CCN(C(=O)c3ccco3)CC2)C1. The Kier molecular flexibility index (Phi) is 5.58. The van der Waals surface area contributed by atoms with Crippen LogP contribution in [0.25, 0.3) is 0 Å². The van der Waals surface area contributed by atoms with Crippen molar-refractivity contribution in [2.75, 3.05) is 39.3 Å². The molecule has 2 aliphatic rings. The molecule has 3 heterocycles. The van der Waals surface area contributed by atoms with Gasteiger partial charge in [0.15, 0.2) is 5.76 Å². The first-order valence-corrected chi connectivity index (χ1v) is 9.68. The fourth-order valence-corrected chi connectivity index (χ4v) is 3.78. The molecule has 7 nitrogen and oxygen atoms in total. The number of piperazine rings is 1. The maximum Gasteiger partial charge on any atom is 0.289 e. The second-order valence-corrected chi connectivity index (χ2v) is 8.44. The number of carbonyl (C=O) groups is 3. The minimum Gasteiger partial charge on any atom is -0.459 e. The average molecular weight is 375 g/mol. The molecule has 1 unspecified atom stereocenters. The third-order valence-corrected chi connectivity index (χ3v) is 5.31. The standard InChI is InChI=1S/C20H29N3O4/c1-20(2,3)19(26)23-8-4-6-15(14-23)17(24)21-9-11-22(12-10-21)18(25)16-7-5-13-27-16/h5,7,13,15H,4,6,8-12,14H2,1-3H3. The van der Waals surface area contributed by atoms with Crippen LogP contribution < -0.4 is 0 Å². The lowest BCUT2D eigenvalue weighted by atomic mass is 9.90. The van der Waals surface area contributed by atoms with Crippen LogP contribution in [0.3, 0.4) is 0 Å². The summed E-state index contributed by atoms with van der Waals surface area (Å²) in [4.78, 5) is 43.2. The summed E-state index contributed by atoms with van der Waals surface area (Å²) in [6.07, 6.45) is 3.16. The molecule has 27 heavy (non-hydrogen) atoms. The molecular formula is C20H29N3O4. The van der Waals surface area contributed by atoms with E-state index >= 15 is 0 Å². The second kappa shape index (κ2) is 7.74. The highest BCUT2D eigenvalue weighted by molar-refractivity contribution is 5.91. The van der Waals surface area contributed by atoms with Crippen molar-refractivity contribution in [1.29, 1.82) is 0 Å². The van der Waals surface area contributed by atoms with Crippen molar-refractivity contribution in [3.8, 4) is 0 Å². The summed E-state index contributed by atoms with van der Waals surface area (Å²) >= 11 is 0. The summed E-state index contributed by atoms with van der Waals surface area (Å²) in [5.74, 6) is 0.267. The van der Waals surface area contributed by atoms with Gasteiger partial charge in [-0.2, -0.15) is 0 Å². The Balaban J connectivity index is 1.54. The molecule has 1 atom stereocenters. The van der Waals surface area contributed by atoms with Crippen LogP contribution in [0, 0.1) is 11.3 Å². The Labute approximate surface area is 160 Å². The smallest absolute Gasteiger partial charge is 0.289 e. The number of hydrogen-bond donors (Lipinski definition) is 0. The van der Waals surface area contributed by atoms with Crippen LogP contribution in [0.4, 0.5) is 0 Å². The molecule has 0 aliphatic carbocycles. The third kappa shape index (κ3) is 4.34. The molecule has 7 heteroatoms. The molecule has 1 aromatic heterocycles. The van der Waals surface area contributed by atoms with Crippen molar-refractivity contribution >= 4 is 17.7 Å². The monoisotopic (exact) mass is 375 g/mol. The maximum absolute atomic E-state index is 12.9. The molecule has 0 radical (unpaired) electrons. The van der Waals surface area contributed by atoms with E-state index in [9.17, 15) is 14.4 Å². The first-order valence-electron chi connectivity index (χ1n) is 9.68. The van der Waals surface area contributed by atoms with Gasteiger partial charge < -0.3 is 19.1 Å². The van der Waals surface area contributed by atoms with Gasteiger partial charge in [-0.1, -0.05) is 20.8 Å². The molecule has 2 fully saturated rings. The number of hydrogen-bond acceptors (Lipinski definition) is 4. The molecule has 3 amide bonds. The largest absolute Gasteiger partial charge is 0.459 e. The molecule has 1 aromatic rings.